The number of aliphatic hydroxyl groups is 1. The lowest BCUT2D eigenvalue weighted by molar-refractivity contribution is 0.304. The highest BCUT2D eigenvalue weighted by atomic mass is 16.3. The molecule has 0 aliphatic heterocycles. The number of aryl methyl sites for hydroxylation is 1. The summed E-state index contributed by atoms with van der Waals surface area (Å²) in [6.45, 7) is 7.75. The first-order chi connectivity index (χ1) is 8.02. The summed E-state index contributed by atoms with van der Waals surface area (Å²) in [5.41, 5.74) is 0. The number of rotatable bonds is 6. The van der Waals surface area contributed by atoms with Gasteiger partial charge in [0.2, 0.25) is 0 Å². The zero-order chi connectivity index (χ0) is 12.8. The minimum absolute atomic E-state index is 0.119. The second-order valence-electron chi connectivity index (χ2n) is 4.58. The van der Waals surface area contributed by atoms with E-state index in [0.717, 1.165) is 24.0 Å². The summed E-state index contributed by atoms with van der Waals surface area (Å²) in [5, 5.41) is 12.2. The number of aromatic nitrogens is 2. The van der Waals surface area contributed by atoms with Crippen molar-refractivity contribution in [2.45, 2.75) is 20.8 Å². The molecule has 0 aliphatic rings. The first kappa shape index (κ1) is 13.7. The zero-order valence-corrected chi connectivity index (χ0v) is 11.1. The molecule has 0 spiro atoms. The van der Waals surface area contributed by atoms with Crippen LogP contribution in [0, 0.1) is 12.8 Å². The molecule has 0 saturated carbocycles. The highest BCUT2D eigenvalue weighted by molar-refractivity contribution is 5.48. The number of nitrogens with one attached hydrogen (secondary N) is 1. The number of anilines is 2. The average Bonchev–Trinajstić information content (AvgIpc) is 2.26. The predicted octanol–water partition coefficient (Wildman–Crippen LogP) is 1.28. The largest absolute Gasteiger partial charge is 0.395 e. The van der Waals surface area contributed by atoms with Crippen LogP contribution in [0.15, 0.2) is 6.07 Å². The summed E-state index contributed by atoms with van der Waals surface area (Å²) in [6.07, 6.45) is 0. The normalized spacial score (nSPS) is 10.7. The molecule has 0 radical (unpaired) electrons. The van der Waals surface area contributed by atoms with E-state index in [2.05, 4.69) is 29.1 Å². The van der Waals surface area contributed by atoms with Crippen molar-refractivity contribution < 1.29 is 5.11 Å². The quantitative estimate of drug-likeness (QED) is 0.782. The molecular formula is C12H22N4O. The number of hydrogen-bond donors (Lipinski definition) is 2. The summed E-state index contributed by atoms with van der Waals surface area (Å²) >= 11 is 0. The van der Waals surface area contributed by atoms with Crippen LogP contribution >= 0.6 is 0 Å². The van der Waals surface area contributed by atoms with Gasteiger partial charge in [-0.2, -0.15) is 0 Å². The van der Waals surface area contributed by atoms with E-state index in [1.165, 1.54) is 0 Å². The van der Waals surface area contributed by atoms with Gasteiger partial charge in [0.15, 0.2) is 0 Å². The zero-order valence-electron chi connectivity index (χ0n) is 11.1. The Bertz CT molecular complexity index is 354. The van der Waals surface area contributed by atoms with E-state index in [-0.39, 0.29) is 6.61 Å². The Labute approximate surface area is 103 Å². The number of nitrogens with zero attached hydrogens (tertiary/aromatic N) is 3. The molecule has 0 atom stereocenters. The molecule has 96 valence electrons. The van der Waals surface area contributed by atoms with Crippen LogP contribution in [0.4, 0.5) is 11.6 Å². The van der Waals surface area contributed by atoms with Crippen molar-refractivity contribution in [3.63, 3.8) is 0 Å². The topological polar surface area (TPSA) is 61.3 Å². The highest BCUT2D eigenvalue weighted by Gasteiger charge is 2.06. The Balaban J connectivity index is 2.78. The van der Waals surface area contributed by atoms with Gasteiger partial charge in [0, 0.05) is 26.2 Å². The Morgan fingerprint density at radius 2 is 2.12 bits per heavy atom. The summed E-state index contributed by atoms with van der Waals surface area (Å²) < 4.78 is 0. The fourth-order valence-electron chi connectivity index (χ4n) is 1.41. The van der Waals surface area contributed by atoms with Crippen LogP contribution in [-0.2, 0) is 0 Å². The molecule has 17 heavy (non-hydrogen) atoms. The third-order valence-electron chi connectivity index (χ3n) is 2.34. The number of aliphatic hydroxyl groups excluding tert-OH is 1. The summed E-state index contributed by atoms with van der Waals surface area (Å²) in [5.74, 6) is 2.98. The van der Waals surface area contributed by atoms with Crippen LogP contribution < -0.4 is 10.2 Å². The van der Waals surface area contributed by atoms with E-state index in [9.17, 15) is 0 Å². The summed E-state index contributed by atoms with van der Waals surface area (Å²) in [6, 6.07) is 1.91. The first-order valence-corrected chi connectivity index (χ1v) is 5.94. The molecule has 1 rings (SSSR count). The van der Waals surface area contributed by atoms with Crippen LogP contribution in [0.1, 0.15) is 19.7 Å². The Morgan fingerprint density at radius 3 is 2.71 bits per heavy atom. The first-order valence-electron chi connectivity index (χ1n) is 5.94. The molecule has 5 heteroatoms. The molecule has 5 nitrogen and oxygen atoms in total. The number of likely N-dealkylation sites (N-methyl/N-ethyl adjacent to an activating group) is 1. The summed E-state index contributed by atoms with van der Waals surface area (Å²) in [7, 11) is 1.91. The molecule has 0 saturated heterocycles. The van der Waals surface area contributed by atoms with E-state index in [1.807, 2.05) is 24.9 Å². The van der Waals surface area contributed by atoms with Crippen molar-refractivity contribution in [1.82, 2.24) is 9.97 Å². The summed E-state index contributed by atoms with van der Waals surface area (Å²) in [4.78, 5) is 10.6. The molecule has 1 heterocycles. The lowest BCUT2D eigenvalue weighted by atomic mass is 10.2. The van der Waals surface area contributed by atoms with Gasteiger partial charge in [-0.25, -0.2) is 9.97 Å². The van der Waals surface area contributed by atoms with Gasteiger partial charge < -0.3 is 15.3 Å². The van der Waals surface area contributed by atoms with Crippen molar-refractivity contribution in [2.24, 2.45) is 5.92 Å². The van der Waals surface area contributed by atoms with E-state index < -0.39 is 0 Å². The second-order valence-corrected chi connectivity index (χ2v) is 4.58. The molecule has 1 aromatic rings. The van der Waals surface area contributed by atoms with Crippen LogP contribution in [0.25, 0.3) is 0 Å². The molecule has 0 amide bonds. The lowest BCUT2D eigenvalue weighted by Gasteiger charge is -2.18. The van der Waals surface area contributed by atoms with Crippen molar-refractivity contribution >= 4 is 11.6 Å². The molecule has 0 aliphatic carbocycles. The van der Waals surface area contributed by atoms with Gasteiger partial charge in [-0.05, 0) is 12.8 Å². The molecule has 2 N–H and O–H groups in total. The van der Waals surface area contributed by atoms with Crippen molar-refractivity contribution in [3.05, 3.63) is 11.9 Å². The van der Waals surface area contributed by atoms with Crippen LogP contribution in [0.3, 0.4) is 0 Å². The molecule has 0 aromatic carbocycles. The Morgan fingerprint density at radius 1 is 1.41 bits per heavy atom. The van der Waals surface area contributed by atoms with Crippen molar-refractivity contribution in [1.29, 1.82) is 0 Å². The van der Waals surface area contributed by atoms with Gasteiger partial charge in [0.05, 0.1) is 6.61 Å². The molecule has 0 bridgehead atoms. The van der Waals surface area contributed by atoms with E-state index in [0.29, 0.717) is 12.5 Å². The van der Waals surface area contributed by atoms with Gasteiger partial charge in [0.25, 0.3) is 0 Å². The minimum Gasteiger partial charge on any atom is -0.395 e. The fourth-order valence-corrected chi connectivity index (χ4v) is 1.41. The third-order valence-corrected chi connectivity index (χ3v) is 2.34. The lowest BCUT2D eigenvalue weighted by Crippen LogP contribution is -2.23. The van der Waals surface area contributed by atoms with Gasteiger partial charge in [-0.3, -0.25) is 0 Å². The fraction of sp³-hybridized carbons (Fsp3) is 0.667. The predicted molar refractivity (Wildman–Crippen MR) is 70.5 cm³/mol. The van der Waals surface area contributed by atoms with Crippen molar-refractivity contribution in [3.8, 4) is 0 Å². The number of hydrogen-bond acceptors (Lipinski definition) is 5. The Hall–Kier alpha value is -1.36. The van der Waals surface area contributed by atoms with Crippen LogP contribution in [0.5, 0.6) is 0 Å². The second kappa shape index (κ2) is 6.39. The van der Waals surface area contributed by atoms with E-state index in [4.69, 9.17) is 5.11 Å². The third kappa shape index (κ3) is 4.56. The molecule has 0 unspecified atom stereocenters. The van der Waals surface area contributed by atoms with Gasteiger partial charge in [-0.1, -0.05) is 13.8 Å². The Kier molecular flexibility index (Phi) is 5.15. The maximum absolute atomic E-state index is 8.91. The maximum Gasteiger partial charge on any atom is 0.134 e. The molecule has 0 fully saturated rings. The van der Waals surface area contributed by atoms with Gasteiger partial charge in [0.1, 0.15) is 17.5 Å². The monoisotopic (exact) mass is 238 g/mol. The minimum atomic E-state index is 0.119. The van der Waals surface area contributed by atoms with Gasteiger partial charge >= 0.3 is 0 Å². The van der Waals surface area contributed by atoms with Gasteiger partial charge in [-0.15, -0.1) is 0 Å². The van der Waals surface area contributed by atoms with Crippen LogP contribution in [-0.4, -0.2) is 41.8 Å². The maximum atomic E-state index is 8.91. The standard InChI is InChI=1S/C12H22N4O/c1-9(2)8-13-11-7-12(15-10(3)14-11)16(4)5-6-17/h7,9,17H,5-6,8H2,1-4H3,(H,13,14,15). The molecular weight excluding hydrogens is 216 g/mol. The molecule has 1 aromatic heterocycles. The average molecular weight is 238 g/mol. The van der Waals surface area contributed by atoms with Crippen LogP contribution in [0.2, 0.25) is 0 Å². The van der Waals surface area contributed by atoms with Crippen molar-refractivity contribution in [2.75, 3.05) is 37.0 Å². The van der Waals surface area contributed by atoms with E-state index in [1.54, 1.807) is 0 Å². The smallest absolute Gasteiger partial charge is 0.134 e. The highest BCUT2D eigenvalue weighted by Crippen LogP contribution is 2.14. The SMILES string of the molecule is Cc1nc(NCC(C)C)cc(N(C)CCO)n1. The van der Waals surface area contributed by atoms with E-state index >= 15 is 0 Å².